The summed E-state index contributed by atoms with van der Waals surface area (Å²) in [5.41, 5.74) is 0. The molecule has 0 aromatic carbocycles. The van der Waals surface area contributed by atoms with E-state index in [1.807, 2.05) is 0 Å². The standard InChI is InChI=1S/C13H22N6O/c1-18-6-3-10(9-18)13(20)15-8-12-17-16-11-2-4-14-5-7-19(11)12/h10,14H,2-9H2,1H3,(H,15,20)/t10-/m1/s1. The van der Waals surface area contributed by atoms with Crippen LogP contribution in [0.5, 0.6) is 0 Å². The van der Waals surface area contributed by atoms with E-state index in [-0.39, 0.29) is 11.8 Å². The van der Waals surface area contributed by atoms with Crippen LogP contribution >= 0.6 is 0 Å². The largest absolute Gasteiger partial charge is 0.349 e. The van der Waals surface area contributed by atoms with Crippen LogP contribution in [0.3, 0.4) is 0 Å². The van der Waals surface area contributed by atoms with Gasteiger partial charge in [-0.05, 0) is 20.0 Å². The average molecular weight is 278 g/mol. The molecule has 3 heterocycles. The van der Waals surface area contributed by atoms with Gasteiger partial charge in [-0.3, -0.25) is 4.79 Å². The van der Waals surface area contributed by atoms with Gasteiger partial charge in [-0.2, -0.15) is 0 Å². The highest BCUT2D eigenvalue weighted by atomic mass is 16.1. The molecule has 0 aliphatic carbocycles. The van der Waals surface area contributed by atoms with Gasteiger partial charge in [0.25, 0.3) is 0 Å². The van der Waals surface area contributed by atoms with Gasteiger partial charge in [-0.25, -0.2) is 0 Å². The Balaban J connectivity index is 1.58. The minimum absolute atomic E-state index is 0.119. The first-order valence-electron chi connectivity index (χ1n) is 7.32. The first-order valence-corrected chi connectivity index (χ1v) is 7.32. The number of hydrogen-bond donors (Lipinski definition) is 2. The maximum absolute atomic E-state index is 12.1. The summed E-state index contributed by atoms with van der Waals surface area (Å²) < 4.78 is 2.13. The zero-order chi connectivity index (χ0) is 13.9. The zero-order valence-corrected chi connectivity index (χ0v) is 11.9. The lowest BCUT2D eigenvalue weighted by Gasteiger charge is -2.12. The molecule has 1 amide bonds. The first kappa shape index (κ1) is 13.5. The molecule has 0 saturated carbocycles. The summed E-state index contributed by atoms with van der Waals surface area (Å²) in [6, 6.07) is 0. The average Bonchev–Trinajstić information content (AvgIpc) is 2.96. The third kappa shape index (κ3) is 2.83. The Morgan fingerprint density at radius 2 is 2.30 bits per heavy atom. The summed E-state index contributed by atoms with van der Waals surface area (Å²) in [5, 5.41) is 14.8. The van der Waals surface area contributed by atoms with Crippen LogP contribution in [0.1, 0.15) is 18.1 Å². The molecule has 1 fully saturated rings. The maximum Gasteiger partial charge on any atom is 0.224 e. The first-order chi connectivity index (χ1) is 9.74. The monoisotopic (exact) mass is 278 g/mol. The minimum Gasteiger partial charge on any atom is -0.349 e. The van der Waals surface area contributed by atoms with Crippen LogP contribution in [0.2, 0.25) is 0 Å². The predicted octanol–water partition coefficient (Wildman–Crippen LogP) is -1.01. The third-order valence-electron chi connectivity index (χ3n) is 4.12. The molecule has 3 rings (SSSR count). The van der Waals surface area contributed by atoms with Gasteiger partial charge < -0.3 is 20.1 Å². The molecule has 20 heavy (non-hydrogen) atoms. The summed E-state index contributed by atoms with van der Waals surface area (Å²) >= 11 is 0. The molecule has 2 N–H and O–H groups in total. The van der Waals surface area contributed by atoms with E-state index in [1.165, 1.54) is 0 Å². The molecule has 0 spiro atoms. The lowest BCUT2D eigenvalue weighted by Crippen LogP contribution is -2.32. The lowest BCUT2D eigenvalue weighted by atomic mass is 10.1. The highest BCUT2D eigenvalue weighted by Gasteiger charge is 2.26. The number of aromatic nitrogens is 3. The Kier molecular flexibility index (Phi) is 3.98. The number of carbonyl (C=O) groups excluding carboxylic acids is 1. The van der Waals surface area contributed by atoms with Crippen LogP contribution in [0.25, 0.3) is 0 Å². The van der Waals surface area contributed by atoms with E-state index >= 15 is 0 Å². The van der Waals surface area contributed by atoms with Crippen molar-refractivity contribution in [2.75, 3.05) is 33.2 Å². The van der Waals surface area contributed by atoms with Crippen LogP contribution in [0.4, 0.5) is 0 Å². The van der Waals surface area contributed by atoms with E-state index in [0.29, 0.717) is 6.54 Å². The van der Waals surface area contributed by atoms with Crippen LogP contribution in [-0.2, 0) is 24.3 Å². The van der Waals surface area contributed by atoms with Gasteiger partial charge in [-0.1, -0.05) is 0 Å². The Morgan fingerprint density at radius 3 is 3.10 bits per heavy atom. The van der Waals surface area contributed by atoms with Gasteiger partial charge in [0.2, 0.25) is 5.91 Å². The number of likely N-dealkylation sites (tertiary alicyclic amines) is 1. The molecule has 0 bridgehead atoms. The van der Waals surface area contributed by atoms with Crippen molar-refractivity contribution in [2.45, 2.75) is 25.9 Å². The fraction of sp³-hybridized carbons (Fsp3) is 0.769. The zero-order valence-electron chi connectivity index (χ0n) is 11.9. The number of nitrogens with zero attached hydrogens (tertiary/aromatic N) is 4. The number of carbonyl (C=O) groups is 1. The summed E-state index contributed by atoms with van der Waals surface area (Å²) in [6.45, 7) is 5.09. The second-order valence-corrected chi connectivity index (χ2v) is 5.65. The molecule has 1 aromatic heterocycles. The van der Waals surface area contributed by atoms with Crippen molar-refractivity contribution in [3.63, 3.8) is 0 Å². The SMILES string of the molecule is CN1CC[C@@H](C(=O)NCc2nnc3n2CCNCC3)C1. The van der Waals surface area contributed by atoms with Crippen molar-refractivity contribution in [2.24, 2.45) is 5.92 Å². The second-order valence-electron chi connectivity index (χ2n) is 5.65. The van der Waals surface area contributed by atoms with E-state index in [9.17, 15) is 4.79 Å². The molecule has 0 radical (unpaired) electrons. The van der Waals surface area contributed by atoms with Crippen LogP contribution in [-0.4, -0.2) is 58.8 Å². The molecular weight excluding hydrogens is 256 g/mol. The summed E-state index contributed by atoms with van der Waals surface area (Å²) in [6.07, 6.45) is 1.85. The minimum atomic E-state index is 0.119. The van der Waals surface area contributed by atoms with Crippen LogP contribution in [0, 0.1) is 5.92 Å². The number of nitrogens with one attached hydrogen (secondary N) is 2. The van der Waals surface area contributed by atoms with Crippen LogP contribution < -0.4 is 10.6 Å². The van der Waals surface area contributed by atoms with Crippen molar-refractivity contribution >= 4 is 5.91 Å². The number of hydrogen-bond acceptors (Lipinski definition) is 5. The van der Waals surface area contributed by atoms with Gasteiger partial charge >= 0.3 is 0 Å². The Labute approximate surface area is 118 Å². The van der Waals surface area contributed by atoms with Gasteiger partial charge in [0, 0.05) is 32.6 Å². The maximum atomic E-state index is 12.1. The van der Waals surface area contributed by atoms with Gasteiger partial charge in [-0.15, -0.1) is 10.2 Å². The molecule has 1 saturated heterocycles. The smallest absolute Gasteiger partial charge is 0.224 e. The quantitative estimate of drug-likeness (QED) is 0.741. The molecule has 1 atom stereocenters. The molecule has 0 unspecified atom stereocenters. The molecule has 7 nitrogen and oxygen atoms in total. The van der Waals surface area contributed by atoms with Crippen molar-refractivity contribution in [1.29, 1.82) is 0 Å². The Morgan fingerprint density at radius 1 is 1.40 bits per heavy atom. The van der Waals surface area contributed by atoms with E-state index in [2.05, 4.69) is 37.3 Å². The van der Waals surface area contributed by atoms with E-state index in [0.717, 1.165) is 57.2 Å². The molecule has 110 valence electrons. The Hall–Kier alpha value is -1.47. The van der Waals surface area contributed by atoms with Gasteiger partial charge in [0.05, 0.1) is 12.5 Å². The van der Waals surface area contributed by atoms with Gasteiger partial charge in [0.1, 0.15) is 5.82 Å². The fourth-order valence-corrected chi connectivity index (χ4v) is 2.92. The number of fused-ring (bicyclic) bond motifs is 1. The van der Waals surface area contributed by atoms with Crippen molar-refractivity contribution in [1.82, 2.24) is 30.3 Å². The van der Waals surface area contributed by atoms with Crippen LogP contribution in [0.15, 0.2) is 0 Å². The topological polar surface area (TPSA) is 75.1 Å². The molecular formula is C13H22N6O. The van der Waals surface area contributed by atoms with E-state index in [4.69, 9.17) is 0 Å². The van der Waals surface area contributed by atoms with Crippen molar-refractivity contribution < 1.29 is 4.79 Å². The summed E-state index contributed by atoms with van der Waals surface area (Å²) in [5.74, 6) is 2.13. The predicted molar refractivity (Wildman–Crippen MR) is 74.0 cm³/mol. The third-order valence-corrected chi connectivity index (χ3v) is 4.12. The highest BCUT2D eigenvalue weighted by Crippen LogP contribution is 2.14. The molecule has 2 aliphatic heterocycles. The molecule has 2 aliphatic rings. The number of rotatable bonds is 3. The normalized spacial score (nSPS) is 23.4. The number of amides is 1. The molecule has 1 aromatic rings. The van der Waals surface area contributed by atoms with E-state index < -0.39 is 0 Å². The fourth-order valence-electron chi connectivity index (χ4n) is 2.92. The van der Waals surface area contributed by atoms with E-state index in [1.54, 1.807) is 0 Å². The lowest BCUT2D eigenvalue weighted by molar-refractivity contribution is -0.124. The Bertz CT molecular complexity index is 485. The second kappa shape index (κ2) is 5.88. The van der Waals surface area contributed by atoms with Crippen molar-refractivity contribution in [3.8, 4) is 0 Å². The summed E-state index contributed by atoms with van der Waals surface area (Å²) in [7, 11) is 2.05. The highest BCUT2D eigenvalue weighted by molar-refractivity contribution is 5.79. The van der Waals surface area contributed by atoms with Crippen molar-refractivity contribution in [3.05, 3.63) is 11.6 Å². The summed E-state index contributed by atoms with van der Waals surface area (Å²) in [4.78, 5) is 14.3. The van der Waals surface area contributed by atoms with Gasteiger partial charge in [0.15, 0.2) is 5.82 Å². The molecule has 7 heteroatoms.